The standard InChI is InChI=1S/C21H23N3O2/c1-26-21(25)20(16-5-4-10-22-13-16)24-11-8-15(9-12-24)18-14-23-19-7-3-2-6-17(18)19/h2-7,10,13-15,20,23H,8-9,11-12H2,1H3/t20-/m1/s1. The van der Waals surface area contributed by atoms with Gasteiger partial charge in [-0.1, -0.05) is 24.3 Å². The lowest BCUT2D eigenvalue weighted by Crippen LogP contribution is -2.40. The maximum absolute atomic E-state index is 12.4. The van der Waals surface area contributed by atoms with Crippen molar-refractivity contribution in [1.82, 2.24) is 14.9 Å². The number of hydrogen-bond acceptors (Lipinski definition) is 4. The Morgan fingerprint density at radius 1 is 1.23 bits per heavy atom. The molecule has 0 bridgehead atoms. The van der Waals surface area contributed by atoms with Crippen LogP contribution in [0, 0.1) is 0 Å². The maximum Gasteiger partial charge on any atom is 0.327 e. The van der Waals surface area contributed by atoms with Crippen molar-refractivity contribution in [1.29, 1.82) is 0 Å². The molecule has 0 aliphatic carbocycles. The molecule has 26 heavy (non-hydrogen) atoms. The van der Waals surface area contributed by atoms with Crippen molar-refractivity contribution in [2.24, 2.45) is 0 Å². The molecule has 1 aliphatic heterocycles. The molecule has 3 aromatic rings. The topological polar surface area (TPSA) is 58.2 Å². The number of nitrogens with one attached hydrogen (secondary N) is 1. The second-order valence-corrected chi connectivity index (χ2v) is 6.81. The summed E-state index contributed by atoms with van der Waals surface area (Å²) in [5.41, 5.74) is 3.47. The number of ether oxygens (including phenoxy) is 1. The summed E-state index contributed by atoms with van der Waals surface area (Å²) in [4.78, 5) is 22.2. The van der Waals surface area contributed by atoms with E-state index in [-0.39, 0.29) is 12.0 Å². The van der Waals surface area contributed by atoms with Crippen molar-refractivity contribution in [3.63, 3.8) is 0 Å². The number of hydrogen-bond donors (Lipinski definition) is 1. The predicted molar refractivity (Wildman–Crippen MR) is 101 cm³/mol. The molecule has 0 spiro atoms. The van der Waals surface area contributed by atoms with Gasteiger partial charge < -0.3 is 9.72 Å². The van der Waals surface area contributed by atoms with Crippen molar-refractivity contribution >= 4 is 16.9 Å². The first-order valence-corrected chi connectivity index (χ1v) is 9.05. The van der Waals surface area contributed by atoms with E-state index in [1.54, 1.807) is 12.4 Å². The largest absolute Gasteiger partial charge is 0.468 e. The third kappa shape index (κ3) is 3.10. The minimum Gasteiger partial charge on any atom is -0.468 e. The Bertz CT molecular complexity index is 882. The number of esters is 1. The fraction of sp³-hybridized carbons (Fsp3) is 0.333. The molecule has 1 N–H and O–H groups in total. The van der Waals surface area contributed by atoms with Crippen LogP contribution in [0.3, 0.4) is 0 Å². The quantitative estimate of drug-likeness (QED) is 0.731. The Balaban J connectivity index is 1.52. The van der Waals surface area contributed by atoms with E-state index in [0.717, 1.165) is 31.5 Å². The molecule has 3 heterocycles. The number of aromatic nitrogens is 2. The minimum absolute atomic E-state index is 0.219. The molecule has 1 aromatic carbocycles. The molecular weight excluding hydrogens is 326 g/mol. The summed E-state index contributed by atoms with van der Waals surface area (Å²) in [6.45, 7) is 1.72. The van der Waals surface area contributed by atoms with Gasteiger partial charge in [-0.05, 0) is 55.1 Å². The summed E-state index contributed by atoms with van der Waals surface area (Å²) in [7, 11) is 1.45. The van der Waals surface area contributed by atoms with E-state index < -0.39 is 0 Å². The zero-order valence-electron chi connectivity index (χ0n) is 14.9. The zero-order chi connectivity index (χ0) is 17.9. The molecule has 0 radical (unpaired) electrons. The van der Waals surface area contributed by atoms with Crippen LogP contribution in [-0.4, -0.2) is 41.0 Å². The Kier molecular flexibility index (Phi) is 4.71. The molecule has 5 nitrogen and oxygen atoms in total. The summed E-state index contributed by atoms with van der Waals surface area (Å²) in [5.74, 6) is 0.290. The van der Waals surface area contributed by atoms with Crippen molar-refractivity contribution in [3.8, 4) is 0 Å². The van der Waals surface area contributed by atoms with E-state index in [1.165, 1.54) is 23.6 Å². The third-order valence-corrected chi connectivity index (χ3v) is 5.38. The van der Waals surface area contributed by atoms with Gasteiger partial charge in [0.2, 0.25) is 0 Å². The van der Waals surface area contributed by atoms with Gasteiger partial charge in [0.15, 0.2) is 0 Å². The van der Waals surface area contributed by atoms with E-state index >= 15 is 0 Å². The predicted octanol–water partition coefficient (Wildman–Crippen LogP) is 3.66. The smallest absolute Gasteiger partial charge is 0.327 e. The summed E-state index contributed by atoms with van der Waals surface area (Å²) in [5, 5.41) is 1.31. The summed E-state index contributed by atoms with van der Waals surface area (Å²) in [6, 6.07) is 11.9. The lowest BCUT2D eigenvalue weighted by molar-refractivity contribution is -0.147. The third-order valence-electron chi connectivity index (χ3n) is 5.38. The fourth-order valence-corrected chi connectivity index (χ4v) is 4.05. The molecule has 0 saturated carbocycles. The van der Waals surface area contributed by atoms with Crippen LogP contribution in [0.15, 0.2) is 55.0 Å². The Hall–Kier alpha value is -2.66. The van der Waals surface area contributed by atoms with E-state index in [9.17, 15) is 4.79 Å². The number of benzene rings is 1. The number of methoxy groups -OCH3 is 1. The molecule has 5 heteroatoms. The second kappa shape index (κ2) is 7.30. The Labute approximate surface area is 153 Å². The molecule has 0 amide bonds. The van der Waals surface area contributed by atoms with Crippen molar-refractivity contribution in [2.75, 3.05) is 20.2 Å². The van der Waals surface area contributed by atoms with Gasteiger partial charge in [-0.2, -0.15) is 0 Å². The lowest BCUT2D eigenvalue weighted by Gasteiger charge is -2.36. The summed E-state index contributed by atoms with van der Waals surface area (Å²) < 4.78 is 5.06. The highest BCUT2D eigenvalue weighted by atomic mass is 16.5. The number of H-pyrrole nitrogens is 1. The average molecular weight is 349 g/mol. The number of aromatic amines is 1. The van der Waals surface area contributed by atoms with Crippen LogP contribution < -0.4 is 0 Å². The second-order valence-electron chi connectivity index (χ2n) is 6.81. The van der Waals surface area contributed by atoms with Crippen molar-refractivity contribution in [2.45, 2.75) is 24.8 Å². The van der Waals surface area contributed by atoms with Crippen LogP contribution in [0.1, 0.15) is 35.9 Å². The molecule has 4 rings (SSSR count). The van der Waals surface area contributed by atoms with Crippen molar-refractivity contribution < 1.29 is 9.53 Å². The molecule has 2 aromatic heterocycles. The van der Waals surface area contributed by atoms with Crippen LogP contribution >= 0.6 is 0 Å². The number of carbonyl (C=O) groups excluding carboxylic acids is 1. The maximum atomic E-state index is 12.4. The van der Waals surface area contributed by atoms with Gasteiger partial charge in [0.05, 0.1) is 7.11 Å². The van der Waals surface area contributed by atoms with Gasteiger partial charge in [0.25, 0.3) is 0 Å². The SMILES string of the molecule is COC(=O)[C@@H](c1cccnc1)N1CCC(c2c[nH]c3ccccc23)CC1. The number of piperidine rings is 1. The Morgan fingerprint density at radius 2 is 2.04 bits per heavy atom. The number of fused-ring (bicyclic) bond motifs is 1. The number of nitrogens with zero attached hydrogens (tertiary/aromatic N) is 2. The number of likely N-dealkylation sites (tertiary alicyclic amines) is 1. The molecule has 1 atom stereocenters. The summed E-state index contributed by atoms with van der Waals surface area (Å²) in [6.07, 6.45) is 7.67. The van der Waals surface area contributed by atoms with Crippen LogP contribution in [-0.2, 0) is 9.53 Å². The lowest BCUT2D eigenvalue weighted by atomic mass is 9.88. The minimum atomic E-state index is -0.377. The van der Waals surface area contributed by atoms with Gasteiger partial charge in [0, 0.05) is 29.5 Å². The highest BCUT2D eigenvalue weighted by Gasteiger charge is 2.32. The highest BCUT2D eigenvalue weighted by Crippen LogP contribution is 2.35. The molecule has 1 aliphatic rings. The zero-order valence-corrected chi connectivity index (χ0v) is 14.9. The molecule has 1 fully saturated rings. The molecular formula is C21H23N3O2. The highest BCUT2D eigenvalue weighted by molar-refractivity contribution is 5.83. The molecule has 134 valence electrons. The Morgan fingerprint density at radius 3 is 2.77 bits per heavy atom. The first-order valence-electron chi connectivity index (χ1n) is 9.05. The first kappa shape index (κ1) is 16.8. The van der Waals surface area contributed by atoms with Crippen LogP contribution in [0.5, 0.6) is 0 Å². The normalized spacial score (nSPS) is 17.3. The number of rotatable bonds is 4. The van der Waals surface area contributed by atoms with Gasteiger partial charge in [-0.25, -0.2) is 4.79 Å². The number of pyridine rings is 1. The monoisotopic (exact) mass is 349 g/mol. The summed E-state index contributed by atoms with van der Waals surface area (Å²) >= 11 is 0. The van der Waals surface area contributed by atoms with Gasteiger partial charge >= 0.3 is 5.97 Å². The number of carbonyl (C=O) groups is 1. The van der Waals surface area contributed by atoms with E-state index in [1.807, 2.05) is 12.1 Å². The van der Waals surface area contributed by atoms with Gasteiger partial charge in [-0.15, -0.1) is 0 Å². The molecule has 0 unspecified atom stereocenters. The number of para-hydroxylation sites is 1. The first-order chi connectivity index (χ1) is 12.8. The fourth-order valence-electron chi connectivity index (χ4n) is 4.05. The van der Waals surface area contributed by atoms with Crippen LogP contribution in [0.4, 0.5) is 0 Å². The van der Waals surface area contributed by atoms with Crippen molar-refractivity contribution in [3.05, 3.63) is 66.1 Å². The van der Waals surface area contributed by atoms with Crippen LogP contribution in [0.25, 0.3) is 10.9 Å². The van der Waals surface area contributed by atoms with Crippen LogP contribution in [0.2, 0.25) is 0 Å². The van der Waals surface area contributed by atoms with Gasteiger partial charge in [0.1, 0.15) is 6.04 Å². The van der Waals surface area contributed by atoms with E-state index in [4.69, 9.17) is 4.74 Å². The van der Waals surface area contributed by atoms with Gasteiger partial charge in [-0.3, -0.25) is 9.88 Å². The van der Waals surface area contributed by atoms with E-state index in [0.29, 0.717) is 5.92 Å². The molecule has 1 saturated heterocycles. The van der Waals surface area contributed by atoms with E-state index in [2.05, 4.69) is 45.3 Å². The average Bonchev–Trinajstić information content (AvgIpc) is 3.13.